The van der Waals surface area contributed by atoms with Crippen LogP contribution >= 0.6 is 11.3 Å². The lowest BCUT2D eigenvalue weighted by molar-refractivity contribution is -0.136. The highest BCUT2D eigenvalue weighted by Crippen LogP contribution is 2.41. The number of nitrogens with zero attached hydrogens (tertiary/aromatic N) is 3. The first-order chi connectivity index (χ1) is 14.9. The van der Waals surface area contributed by atoms with Crippen molar-refractivity contribution in [3.05, 3.63) is 47.9 Å². The Bertz CT molecular complexity index is 1240. The van der Waals surface area contributed by atoms with E-state index in [1.54, 1.807) is 18.5 Å². The largest absolute Gasteiger partial charge is 0.417 e. The maximum Gasteiger partial charge on any atom is 0.417 e. The summed E-state index contributed by atoms with van der Waals surface area (Å²) in [6.45, 7) is 1.89. The van der Waals surface area contributed by atoms with Gasteiger partial charge in [0, 0.05) is 28.9 Å². The minimum absolute atomic E-state index is 0.0912. The number of H-pyrrole nitrogens is 1. The van der Waals surface area contributed by atoms with Gasteiger partial charge in [0.1, 0.15) is 10.8 Å². The van der Waals surface area contributed by atoms with Gasteiger partial charge >= 0.3 is 6.18 Å². The number of aromatic nitrogens is 4. The van der Waals surface area contributed by atoms with Crippen molar-refractivity contribution in [1.82, 2.24) is 25.5 Å². The summed E-state index contributed by atoms with van der Waals surface area (Å²) in [6.07, 6.45) is 0.984. The molecule has 5 rings (SSSR count). The summed E-state index contributed by atoms with van der Waals surface area (Å²) < 4.78 is 40.3. The zero-order valence-electron chi connectivity index (χ0n) is 16.3. The number of hydrogen-bond acceptors (Lipinski definition) is 6. The lowest BCUT2D eigenvalue weighted by Crippen LogP contribution is -2.27. The fraction of sp³-hybridized carbons (Fsp3) is 0.286. The van der Waals surface area contributed by atoms with E-state index < -0.39 is 11.7 Å². The number of fused-ring (bicyclic) bond motifs is 1. The molecule has 4 N–H and O–H groups in total. The van der Waals surface area contributed by atoms with E-state index in [0.717, 1.165) is 60.2 Å². The van der Waals surface area contributed by atoms with Crippen molar-refractivity contribution in [1.29, 1.82) is 0 Å². The molecule has 10 heteroatoms. The summed E-state index contributed by atoms with van der Waals surface area (Å²) in [5.74, 6) is 0.583. The van der Waals surface area contributed by atoms with E-state index in [0.29, 0.717) is 22.0 Å². The summed E-state index contributed by atoms with van der Waals surface area (Å²) in [5.41, 5.74) is 9.00. The maximum absolute atomic E-state index is 13.4. The first kappa shape index (κ1) is 20.0. The molecule has 0 atom stereocenters. The van der Waals surface area contributed by atoms with E-state index in [-0.39, 0.29) is 10.5 Å². The molecule has 0 amide bonds. The summed E-state index contributed by atoms with van der Waals surface area (Å²) >= 11 is 0.973. The third-order valence-corrected chi connectivity index (χ3v) is 6.73. The van der Waals surface area contributed by atoms with Crippen molar-refractivity contribution >= 4 is 27.4 Å². The molecule has 0 spiro atoms. The first-order valence-electron chi connectivity index (χ1n) is 9.89. The van der Waals surface area contributed by atoms with Crippen molar-refractivity contribution in [3.63, 3.8) is 0 Å². The van der Waals surface area contributed by atoms with Gasteiger partial charge in [-0.2, -0.15) is 18.3 Å². The molecule has 0 saturated carbocycles. The van der Waals surface area contributed by atoms with Crippen LogP contribution in [0.15, 0.2) is 36.7 Å². The van der Waals surface area contributed by atoms with Gasteiger partial charge in [0.25, 0.3) is 0 Å². The number of pyridine rings is 1. The number of aromatic amines is 1. The van der Waals surface area contributed by atoms with Gasteiger partial charge in [0.15, 0.2) is 0 Å². The molecule has 3 aromatic heterocycles. The average Bonchev–Trinajstić information content (AvgIpc) is 3.41. The number of nitrogens with two attached hydrogens (primary N) is 1. The third kappa shape index (κ3) is 3.66. The molecule has 4 aromatic rings. The van der Waals surface area contributed by atoms with Crippen molar-refractivity contribution in [2.24, 2.45) is 0 Å². The van der Waals surface area contributed by atoms with E-state index >= 15 is 0 Å². The second-order valence-electron chi connectivity index (χ2n) is 7.55. The highest BCUT2D eigenvalue weighted by atomic mass is 32.1. The van der Waals surface area contributed by atoms with Crippen LogP contribution in [-0.2, 0) is 6.18 Å². The zero-order chi connectivity index (χ0) is 21.6. The fourth-order valence-electron chi connectivity index (χ4n) is 4.03. The smallest absolute Gasteiger partial charge is 0.383 e. The first-order valence-corrected chi connectivity index (χ1v) is 10.7. The number of benzene rings is 1. The summed E-state index contributed by atoms with van der Waals surface area (Å²) in [7, 11) is 0. The highest BCUT2D eigenvalue weighted by Gasteiger charge is 2.33. The van der Waals surface area contributed by atoms with Crippen LogP contribution in [0.2, 0.25) is 0 Å². The quantitative estimate of drug-likeness (QED) is 0.422. The Morgan fingerprint density at radius 2 is 1.90 bits per heavy atom. The molecule has 0 bridgehead atoms. The van der Waals surface area contributed by atoms with E-state index in [1.165, 1.54) is 6.07 Å². The van der Waals surface area contributed by atoms with Crippen LogP contribution in [0.4, 0.5) is 19.0 Å². The molecule has 4 heterocycles. The average molecular weight is 444 g/mol. The zero-order valence-corrected chi connectivity index (χ0v) is 17.1. The van der Waals surface area contributed by atoms with E-state index in [4.69, 9.17) is 5.73 Å². The highest BCUT2D eigenvalue weighted by molar-refractivity contribution is 7.21. The molecule has 1 aromatic carbocycles. The minimum Gasteiger partial charge on any atom is -0.383 e. The minimum atomic E-state index is -4.45. The van der Waals surface area contributed by atoms with Gasteiger partial charge in [-0.3, -0.25) is 5.10 Å². The van der Waals surface area contributed by atoms with E-state index in [2.05, 4.69) is 25.5 Å². The molecule has 0 aliphatic carbocycles. The second-order valence-corrected chi connectivity index (χ2v) is 8.55. The topological polar surface area (TPSA) is 92.5 Å². The normalized spacial score (nSPS) is 15.6. The Labute approximate surface area is 179 Å². The molecule has 1 fully saturated rings. The van der Waals surface area contributed by atoms with E-state index in [1.807, 2.05) is 6.07 Å². The van der Waals surface area contributed by atoms with Crippen LogP contribution in [0, 0.1) is 0 Å². The van der Waals surface area contributed by atoms with Crippen LogP contribution in [-0.4, -0.2) is 33.3 Å². The predicted molar refractivity (Wildman–Crippen MR) is 115 cm³/mol. The molecule has 0 unspecified atom stereocenters. The molecule has 1 aliphatic heterocycles. The number of nitrogen functional groups attached to an aromatic ring is 1. The Morgan fingerprint density at radius 3 is 2.68 bits per heavy atom. The summed E-state index contributed by atoms with van der Waals surface area (Å²) in [4.78, 5) is 8.73. The molecule has 1 saturated heterocycles. The van der Waals surface area contributed by atoms with Crippen molar-refractivity contribution in [2.45, 2.75) is 24.9 Å². The van der Waals surface area contributed by atoms with Gasteiger partial charge in [-0.15, -0.1) is 11.3 Å². The fourth-order valence-corrected chi connectivity index (χ4v) is 5.15. The lowest BCUT2D eigenvalue weighted by atomic mass is 9.90. The SMILES string of the molecule is Nc1ncc(-c2cn[nH]c2C2CCNCC2)cc1-c1nc2cccc(C(F)(F)F)c2s1. The van der Waals surface area contributed by atoms with Gasteiger partial charge in [0.2, 0.25) is 0 Å². The molecule has 31 heavy (non-hydrogen) atoms. The number of alkyl halides is 3. The van der Waals surface area contributed by atoms with Crippen LogP contribution in [0.1, 0.15) is 30.0 Å². The monoisotopic (exact) mass is 444 g/mol. The molecular weight excluding hydrogens is 425 g/mol. The molecular formula is C21H19F3N6S. The number of thiazole rings is 1. The van der Waals surface area contributed by atoms with Crippen LogP contribution in [0.5, 0.6) is 0 Å². The molecule has 0 radical (unpaired) electrons. The van der Waals surface area contributed by atoms with Gasteiger partial charge in [-0.1, -0.05) is 6.07 Å². The standard InChI is InChI=1S/C21H19F3N6S/c22-21(23,24)15-2-1-3-16-18(15)31-20(29-16)13-8-12(9-27-19(13)25)14-10-28-30-17(14)11-4-6-26-7-5-11/h1-3,8-11,26H,4-7H2,(H2,25,27)(H,28,30). The predicted octanol–water partition coefficient (Wildman–Crippen LogP) is 4.82. The Hall–Kier alpha value is -2.98. The maximum atomic E-state index is 13.4. The van der Waals surface area contributed by atoms with Crippen molar-refractivity contribution in [2.75, 3.05) is 18.8 Å². The van der Waals surface area contributed by atoms with Crippen molar-refractivity contribution in [3.8, 4) is 21.7 Å². The van der Waals surface area contributed by atoms with E-state index in [9.17, 15) is 13.2 Å². The van der Waals surface area contributed by atoms with Gasteiger partial charge in [-0.25, -0.2) is 9.97 Å². The van der Waals surface area contributed by atoms with Gasteiger partial charge in [0.05, 0.1) is 27.5 Å². The Kier molecular flexibility index (Phi) is 4.90. The number of hydrogen-bond donors (Lipinski definition) is 3. The molecule has 1 aliphatic rings. The number of halogens is 3. The van der Waals surface area contributed by atoms with Gasteiger partial charge in [-0.05, 0) is 44.1 Å². The number of nitrogens with one attached hydrogen (secondary N) is 2. The van der Waals surface area contributed by atoms with Crippen LogP contribution in [0.25, 0.3) is 31.9 Å². The lowest BCUT2D eigenvalue weighted by Gasteiger charge is -2.22. The number of piperidine rings is 1. The van der Waals surface area contributed by atoms with Crippen LogP contribution < -0.4 is 11.1 Å². The number of anilines is 1. The number of rotatable bonds is 3. The second kappa shape index (κ2) is 7.61. The van der Waals surface area contributed by atoms with Gasteiger partial charge < -0.3 is 11.1 Å². The molecule has 6 nitrogen and oxygen atoms in total. The molecule has 160 valence electrons. The summed E-state index contributed by atoms with van der Waals surface area (Å²) in [6, 6.07) is 5.84. The Balaban J connectivity index is 1.59. The Morgan fingerprint density at radius 1 is 1.10 bits per heavy atom. The van der Waals surface area contributed by atoms with Crippen LogP contribution in [0.3, 0.4) is 0 Å². The van der Waals surface area contributed by atoms with Crippen molar-refractivity contribution < 1.29 is 13.2 Å². The third-order valence-electron chi connectivity index (χ3n) is 5.60. The summed E-state index contributed by atoms with van der Waals surface area (Å²) in [5, 5.41) is 11.1.